The molecule has 0 spiro atoms. The summed E-state index contributed by atoms with van der Waals surface area (Å²) in [4.78, 5) is 55.7. The number of hydrogen-bond acceptors (Lipinski definition) is 7. The number of aliphatic imine (C=N–C) groups is 1. The summed E-state index contributed by atoms with van der Waals surface area (Å²) in [6, 6.07) is -0.557. The number of nitrogens with one attached hydrogen (secondary N) is 3. The number of aromatic amines is 1. The minimum absolute atomic E-state index is 0.154. The number of carbonyl (C=O) groups excluding carboxylic acids is 4. The molecule has 0 bridgehead atoms. The van der Waals surface area contributed by atoms with Gasteiger partial charge >= 0.3 is 0 Å². The second-order valence-corrected chi connectivity index (χ2v) is 11.1. The molecule has 1 aromatic rings. The van der Waals surface area contributed by atoms with Crippen molar-refractivity contribution in [1.29, 1.82) is 0 Å². The van der Waals surface area contributed by atoms with Gasteiger partial charge in [-0.1, -0.05) is 25.3 Å². The minimum atomic E-state index is -1.18. The highest BCUT2D eigenvalue weighted by Gasteiger charge is 2.32. The van der Waals surface area contributed by atoms with Crippen LogP contribution in [0.15, 0.2) is 69.4 Å². The smallest absolute Gasteiger partial charge is 0.251 e. The van der Waals surface area contributed by atoms with Gasteiger partial charge in [0.05, 0.1) is 17.8 Å². The van der Waals surface area contributed by atoms with E-state index in [4.69, 9.17) is 4.99 Å². The van der Waals surface area contributed by atoms with Crippen molar-refractivity contribution in [2.45, 2.75) is 78.3 Å². The zero-order valence-electron chi connectivity index (χ0n) is 24.9. The molecule has 0 saturated carbocycles. The summed E-state index contributed by atoms with van der Waals surface area (Å²) in [6.45, 7) is 15.0. The van der Waals surface area contributed by atoms with Gasteiger partial charge in [0.15, 0.2) is 0 Å². The average Bonchev–Trinajstić information content (AvgIpc) is 3.59. The van der Waals surface area contributed by atoms with Crippen LogP contribution in [0.25, 0.3) is 6.08 Å². The van der Waals surface area contributed by atoms with Crippen LogP contribution in [0.1, 0.15) is 69.0 Å². The van der Waals surface area contributed by atoms with Gasteiger partial charge in [-0.05, 0) is 92.9 Å². The maximum atomic E-state index is 12.4. The lowest BCUT2D eigenvalue weighted by atomic mass is 9.95. The number of rotatable bonds is 13. The van der Waals surface area contributed by atoms with Gasteiger partial charge in [0.1, 0.15) is 0 Å². The molecule has 0 aromatic carbocycles. The fourth-order valence-corrected chi connectivity index (χ4v) is 6.01. The molecule has 3 N–H and O–H groups in total. The lowest BCUT2D eigenvalue weighted by molar-refractivity contribution is -0.307. The molecule has 0 saturated heterocycles. The number of H-pyrrole nitrogens is 1. The predicted octanol–water partition coefficient (Wildman–Crippen LogP) is 1.58. The van der Waals surface area contributed by atoms with Crippen LogP contribution in [-0.2, 0) is 32.0 Å². The number of amides is 2. The van der Waals surface area contributed by atoms with E-state index in [2.05, 4.69) is 28.8 Å². The van der Waals surface area contributed by atoms with Gasteiger partial charge in [0.25, 0.3) is 5.91 Å². The van der Waals surface area contributed by atoms with Crippen LogP contribution in [0, 0.1) is 6.92 Å². The Labute approximate surface area is 250 Å². The molecule has 10 heteroatoms. The van der Waals surface area contributed by atoms with Crippen LogP contribution >= 0.6 is 0 Å². The molecule has 1 aromatic heterocycles. The quantitative estimate of drug-likeness (QED) is 0.318. The van der Waals surface area contributed by atoms with Crippen molar-refractivity contribution in [3.63, 3.8) is 0 Å². The Morgan fingerprint density at radius 2 is 1.53 bits per heavy atom. The van der Waals surface area contributed by atoms with Gasteiger partial charge in [-0.2, -0.15) is 0 Å². The van der Waals surface area contributed by atoms with E-state index < -0.39 is 11.9 Å². The number of nitrogens with zero attached hydrogens (tertiary/aromatic N) is 1. The zero-order valence-corrected chi connectivity index (χ0v) is 24.9. The molecule has 3 aliphatic rings. The number of aliphatic carboxylic acids is 2. The third kappa shape index (κ3) is 6.38. The lowest BCUT2D eigenvalue weighted by Crippen LogP contribution is -2.30. The molecule has 3 aliphatic heterocycles. The first-order valence-electron chi connectivity index (χ1n) is 14.2. The fourth-order valence-electron chi connectivity index (χ4n) is 6.01. The highest BCUT2D eigenvalue weighted by Crippen LogP contribution is 2.35. The van der Waals surface area contributed by atoms with E-state index >= 15 is 0 Å². The topological polar surface area (TPSA) is 167 Å². The van der Waals surface area contributed by atoms with Crippen LogP contribution in [0.4, 0.5) is 0 Å². The van der Waals surface area contributed by atoms with Gasteiger partial charge in [-0.25, -0.2) is 0 Å². The van der Waals surface area contributed by atoms with E-state index in [-0.39, 0.29) is 49.6 Å². The molecule has 226 valence electrons. The van der Waals surface area contributed by atoms with Crippen molar-refractivity contribution in [3.8, 4) is 0 Å². The van der Waals surface area contributed by atoms with Crippen molar-refractivity contribution >= 4 is 35.5 Å². The first kappa shape index (κ1) is 31.2. The van der Waals surface area contributed by atoms with E-state index in [1.807, 2.05) is 26.8 Å². The van der Waals surface area contributed by atoms with E-state index in [9.17, 15) is 29.4 Å². The largest absolute Gasteiger partial charge is 0.550 e. The monoisotopic (exact) mass is 584 g/mol. The molecule has 0 fully saturated rings. The molecular formula is C33H36N4O6-2. The average molecular weight is 585 g/mol. The summed E-state index contributed by atoms with van der Waals surface area (Å²) in [6.07, 6.45) is 5.89. The summed E-state index contributed by atoms with van der Waals surface area (Å²) < 4.78 is 0. The number of carboxylic acids is 2. The van der Waals surface area contributed by atoms with E-state index in [1.54, 1.807) is 13.0 Å². The fraction of sp³-hybridized carbons (Fsp3) is 0.364. The Balaban J connectivity index is 1.75. The highest BCUT2D eigenvalue weighted by molar-refractivity contribution is 6.07. The molecule has 4 rings (SSSR count). The maximum Gasteiger partial charge on any atom is 0.251 e. The van der Waals surface area contributed by atoms with Crippen LogP contribution < -0.4 is 20.8 Å². The number of hydrogen-bond donors (Lipinski definition) is 3. The van der Waals surface area contributed by atoms with E-state index in [0.717, 1.165) is 44.8 Å². The van der Waals surface area contributed by atoms with Crippen LogP contribution in [0.2, 0.25) is 0 Å². The third-order valence-electron chi connectivity index (χ3n) is 8.59. The Bertz CT molecular complexity index is 1600. The molecule has 10 nitrogen and oxygen atoms in total. The summed E-state index contributed by atoms with van der Waals surface area (Å²) in [5.74, 6) is -2.71. The van der Waals surface area contributed by atoms with Crippen molar-refractivity contribution < 1.29 is 29.4 Å². The van der Waals surface area contributed by atoms with E-state index in [1.165, 1.54) is 6.08 Å². The molecular weight excluding hydrogens is 548 g/mol. The van der Waals surface area contributed by atoms with Crippen molar-refractivity contribution in [2.24, 2.45) is 4.99 Å². The van der Waals surface area contributed by atoms with Gasteiger partial charge in [-0.3, -0.25) is 14.6 Å². The molecule has 0 unspecified atom stereocenters. The van der Waals surface area contributed by atoms with Crippen LogP contribution in [-0.4, -0.2) is 46.5 Å². The highest BCUT2D eigenvalue weighted by atomic mass is 16.4. The second-order valence-electron chi connectivity index (χ2n) is 11.1. The van der Waals surface area contributed by atoms with Gasteiger partial charge in [-0.15, -0.1) is 0 Å². The summed E-state index contributed by atoms with van der Waals surface area (Å²) >= 11 is 0. The lowest BCUT2D eigenvalue weighted by Gasteiger charge is -2.13. The summed E-state index contributed by atoms with van der Waals surface area (Å²) in [5, 5.41) is 28.7. The Hall–Kier alpha value is -4.73. The Kier molecular flexibility index (Phi) is 9.18. The van der Waals surface area contributed by atoms with Gasteiger partial charge in [0.2, 0.25) is 5.91 Å². The van der Waals surface area contributed by atoms with Crippen LogP contribution in [0.5, 0.6) is 0 Å². The first-order valence-corrected chi connectivity index (χ1v) is 14.2. The third-order valence-corrected chi connectivity index (χ3v) is 8.59. The molecule has 0 aliphatic carbocycles. The predicted molar refractivity (Wildman–Crippen MR) is 159 cm³/mol. The standard InChI is InChI=1S/C33H38N4O6/c1-7-20-19(6)32(42)37-27(20)14-25-18(5)23(10-12-31(40)41)29(35-25)15-28-22(9-11-30(38)39)17(4)24(34-28)13-26-16(3)21(8-2)33(43)36-26/h7-8,15,26-27,35H,1-2,9-14H2,3-6H3,(H,36,43)(H,37,42)(H,38,39)(H,40,41)/p-2/t26-,27+/m0/s1. The number of carbonyl (C=O) groups is 4. The SMILES string of the molecule is C=CC1=C(C)[C@H](CC2=NC(=Cc3[nH]c(C[C@H]4NC(=O)C(C)=C4C=C)c(C)c3CCC(=O)[O-])C(CCC(=O)[O-])=C2C)NC1=O. The summed E-state index contributed by atoms with van der Waals surface area (Å²) in [7, 11) is 0. The second kappa shape index (κ2) is 12.6. The molecule has 43 heavy (non-hydrogen) atoms. The van der Waals surface area contributed by atoms with Crippen molar-refractivity contribution in [1.82, 2.24) is 15.6 Å². The Morgan fingerprint density at radius 1 is 0.884 bits per heavy atom. The maximum absolute atomic E-state index is 12.4. The first-order chi connectivity index (χ1) is 20.4. The number of aromatic nitrogens is 1. The Morgan fingerprint density at radius 3 is 2.14 bits per heavy atom. The number of carboxylic acid groups (broad SMARTS) is 2. The normalized spacial score (nSPS) is 21.1. The zero-order chi connectivity index (χ0) is 31.6. The van der Waals surface area contributed by atoms with Crippen LogP contribution in [0.3, 0.4) is 0 Å². The minimum Gasteiger partial charge on any atom is -0.550 e. The van der Waals surface area contributed by atoms with Gasteiger partial charge < -0.3 is 35.4 Å². The van der Waals surface area contributed by atoms with E-state index in [0.29, 0.717) is 35.4 Å². The molecule has 2 amide bonds. The van der Waals surface area contributed by atoms with Crippen molar-refractivity contribution in [2.75, 3.05) is 0 Å². The van der Waals surface area contributed by atoms with Crippen molar-refractivity contribution in [3.05, 3.63) is 87.0 Å². The number of allylic oxidation sites excluding steroid dienone is 2. The van der Waals surface area contributed by atoms with Gasteiger partial charge in [0, 0.05) is 53.0 Å². The molecule has 4 heterocycles. The summed E-state index contributed by atoms with van der Waals surface area (Å²) in [5.41, 5.74) is 8.77. The molecule has 0 radical (unpaired) electrons. The molecule has 2 atom stereocenters.